The molecule has 0 atom stereocenters. The number of fused-ring (bicyclic) bond motifs is 1. The normalized spacial score (nSPS) is 10.9. The van der Waals surface area contributed by atoms with Crippen LogP contribution < -0.4 is 10.6 Å². The maximum absolute atomic E-state index is 12.5. The van der Waals surface area contributed by atoms with E-state index in [-0.39, 0.29) is 11.0 Å². The van der Waals surface area contributed by atoms with Crippen molar-refractivity contribution in [1.82, 2.24) is 10.3 Å². The number of aromatic nitrogens is 1. The molecule has 1 aromatic heterocycles. The SMILES string of the molecule is Cc1ccc2c(NC(=S)NC(=O)c3ccc(C(C)C)cc3)c(C)ccc2n1. The van der Waals surface area contributed by atoms with Gasteiger partial charge in [-0.2, -0.15) is 0 Å². The van der Waals surface area contributed by atoms with Gasteiger partial charge in [-0.15, -0.1) is 0 Å². The number of nitrogens with zero attached hydrogens (tertiary/aromatic N) is 1. The Morgan fingerprint density at radius 3 is 2.37 bits per heavy atom. The molecule has 2 aromatic carbocycles. The van der Waals surface area contributed by atoms with E-state index in [1.165, 1.54) is 5.56 Å². The van der Waals surface area contributed by atoms with E-state index < -0.39 is 0 Å². The first kappa shape index (κ1) is 19.0. The minimum absolute atomic E-state index is 0.227. The lowest BCUT2D eigenvalue weighted by Gasteiger charge is -2.14. The van der Waals surface area contributed by atoms with Crippen molar-refractivity contribution in [2.45, 2.75) is 33.6 Å². The summed E-state index contributed by atoms with van der Waals surface area (Å²) < 4.78 is 0. The number of rotatable bonds is 3. The molecule has 3 aromatic rings. The molecule has 0 saturated carbocycles. The van der Waals surface area contributed by atoms with Crippen LogP contribution in [0.5, 0.6) is 0 Å². The smallest absolute Gasteiger partial charge is 0.257 e. The van der Waals surface area contributed by atoms with E-state index >= 15 is 0 Å². The van der Waals surface area contributed by atoms with E-state index in [1.807, 2.05) is 62.4 Å². The molecule has 4 nitrogen and oxygen atoms in total. The number of hydrogen-bond acceptors (Lipinski definition) is 3. The van der Waals surface area contributed by atoms with Crippen LogP contribution in [0.4, 0.5) is 5.69 Å². The second-order valence-electron chi connectivity index (χ2n) is 6.96. The summed E-state index contributed by atoms with van der Waals surface area (Å²) >= 11 is 5.36. The summed E-state index contributed by atoms with van der Waals surface area (Å²) in [4.78, 5) is 17.0. The molecule has 0 aliphatic carbocycles. The first-order valence-electron chi connectivity index (χ1n) is 8.94. The minimum atomic E-state index is -0.227. The van der Waals surface area contributed by atoms with E-state index in [4.69, 9.17) is 12.2 Å². The molecule has 27 heavy (non-hydrogen) atoms. The standard InChI is InChI=1S/C22H23N3OS/c1-13(2)16-7-9-17(10-8-16)21(26)25-22(27)24-20-14(3)5-12-19-18(20)11-6-15(4)23-19/h5-13H,1-4H3,(H2,24,25,26,27). The van der Waals surface area contributed by atoms with Crippen molar-refractivity contribution in [1.29, 1.82) is 0 Å². The number of anilines is 1. The van der Waals surface area contributed by atoms with Gasteiger partial charge in [-0.1, -0.05) is 32.0 Å². The Kier molecular flexibility index (Phi) is 5.51. The van der Waals surface area contributed by atoms with Crippen molar-refractivity contribution >= 4 is 39.8 Å². The van der Waals surface area contributed by atoms with Gasteiger partial charge in [-0.25, -0.2) is 0 Å². The molecule has 5 heteroatoms. The molecule has 1 amide bonds. The maximum atomic E-state index is 12.5. The largest absolute Gasteiger partial charge is 0.332 e. The van der Waals surface area contributed by atoms with Gasteiger partial charge >= 0.3 is 0 Å². The molecule has 0 bridgehead atoms. The first-order valence-corrected chi connectivity index (χ1v) is 9.35. The molecule has 3 rings (SSSR count). The van der Waals surface area contributed by atoms with Crippen molar-refractivity contribution in [3.8, 4) is 0 Å². The third kappa shape index (κ3) is 4.31. The lowest BCUT2D eigenvalue weighted by molar-refractivity contribution is 0.0977. The minimum Gasteiger partial charge on any atom is -0.332 e. The van der Waals surface area contributed by atoms with Gasteiger partial charge in [-0.05, 0) is 73.4 Å². The van der Waals surface area contributed by atoms with Gasteiger partial charge in [0.05, 0.1) is 11.2 Å². The fourth-order valence-corrected chi connectivity index (χ4v) is 3.12. The van der Waals surface area contributed by atoms with Crippen LogP contribution in [0.25, 0.3) is 10.9 Å². The number of benzene rings is 2. The van der Waals surface area contributed by atoms with E-state index in [0.717, 1.165) is 27.8 Å². The third-order valence-corrected chi connectivity index (χ3v) is 4.73. The van der Waals surface area contributed by atoms with E-state index in [9.17, 15) is 4.79 Å². The zero-order valence-corrected chi connectivity index (χ0v) is 16.8. The van der Waals surface area contributed by atoms with Gasteiger partial charge in [-0.3, -0.25) is 15.1 Å². The first-order chi connectivity index (χ1) is 12.8. The molecule has 0 aliphatic rings. The molecule has 1 heterocycles. The lowest BCUT2D eigenvalue weighted by Crippen LogP contribution is -2.34. The number of carbonyl (C=O) groups is 1. The number of pyridine rings is 1. The molecule has 0 fully saturated rings. The third-order valence-electron chi connectivity index (χ3n) is 4.52. The summed E-state index contributed by atoms with van der Waals surface area (Å²) in [6.07, 6.45) is 0. The van der Waals surface area contributed by atoms with Gasteiger partial charge in [0.1, 0.15) is 0 Å². The summed E-state index contributed by atoms with van der Waals surface area (Å²) in [7, 11) is 0. The van der Waals surface area contributed by atoms with Crippen molar-refractivity contribution in [3.05, 3.63) is 70.9 Å². The maximum Gasteiger partial charge on any atom is 0.257 e. The fraction of sp³-hybridized carbons (Fsp3) is 0.227. The Morgan fingerprint density at radius 2 is 1.70 bits per heavy atom. The monoisotopic (exact) mass is 377 g/mol. The Labute approximate surface area is 165 Å². The highest BCUT2D eigenvalue weighted by Gasteiger charge is 2.12. The van der Waals surface area contributed by atoms with E-state index in [2.05, 4.69) is 29.5 Å². The van der Waals surface area contributed by atoms with Crippen molar-refractivity contribution in [2.75, 3.05) is 5.32 Å². The van der Waals surface area contributed by atoms with Crippen LogP contribution >= 0.6 is 12.2 Å². The summed E-state index contributed by atoms with van der Waals surface area (Å²) in [5, 5.41) is 7.16. The molecule has 2 N–H and O–H groups in total. The van der Waals surface area contributed by atoms with Crippen molar-refractivity contribution in [2.24, 2.45) is 0 Å². The average Bonchev–Trinajstić information content (AvgIpc) is 2.64. The van der Waals surface area contributed by atoms with Crippen LogP contribution in [0.2, 0.25) is 0 Å². The Hall–Kier alpha value is -2.79. The van der Waals surface area contributed by atoms with E-state index in [1.54, 1.807) is 0 Å². The predicted molar refractivity (Wildman–Crippen MR) is 115 cm³/mol. The van der Waals surface area contributed by atoms with Gasteiger partial charge in [0.25, 0.3) is 5.91 Å². The molecule has 138 valence electrons. The number of thiocarbonyl (C=S) groups is 1. The molecule has 0 saturated heterocycles. The Bertz CT molecular complexity index is 1010. The fourth-order valence-electron chi connectivity index (χ4n) is 2.92. The Morgan fingerprint density at radius 1 is 1.00 bits per heavy atom. The average molecular weight is 378 g/mol. The number of nitrogens with one attached hydrogen (secondary N) is 2. The number of amides is 1. The summed E-state index contributed by atoms with van der Waals surface area (Å²) in [5.74, 6) is 0.200. The molecule has 0 unspecified atom stereocenters. The number of carbonyl (C=O) groups excluding carboxylic acids is 1. The number of hydrogen-bond donors (Lipinski definition) is 2. The zero-order chi connectivity index (χ0) is 19.6. The predicted octanol–water partition coefficient (Wildman–Crippen LogP) is 5.10. The van der Waals surface area contributed by atoms with Gasteiger partial charge in [0.2, 0.25) is 0 Å². The quantitative estimate of drug-likeness (QED) is 0.624. The number of aryl methyl sites for hydroxylation is 2. The summed E-state index contributed by atoms with van der Waals surface area (Å²) in [5.41, 5.74) is 5.52. The highest BCUT2D eigenvalue weighted by atomic mass is 32.1. The van der Waals surface area contributed by atoms with Gasteiger partial charge < -0.3 is 5.32 Å². The Balaban J connectivity index is 1.77. The van der Waals surface area contributed by atoms with Crippen LogP contribution in [0.1, 0.15) is 46.9 Å². The van der Waals surface area contributed by atoms with Crippen molar-refractivity contribution < 1.29 is 4.79 Å². The van der Waals surface area contributed by atoms with Crippen LogP contribution in [0.3, 0.4) is 0 Å². The van der Waals surface area contributed by atoms with Crippen LogP contribution in [-0.4, -0.2) is 16.0 Å². The molecule has 0 aliphatic heterocycles. The van der Waals surface area contributed by atoms with Gasteiger partial charge in [0, 0.05) is 16.6 Å². The molecular weight excluding hydrogens is 354 g/mol. The van der Waals surface area contributed by atoms with Crippen LogP contribution in [0, 0.1) is 13.8 Å². The highest BCUT2D eigenvalue weighted by molar-refractivity contribution is 7.80. The van der Waals surface area contributed by atoms with Crippen molar-refractivity contribution in [3.63, 3.8) is 0 Å². The second kappa shape index (κ2) is 7.84. The second-order valence-corrected chi connectivity index (χ2v) is 7.37. The van der Waals surface area contributed by atoms with E-state index in [0.29, 0.717) is 11.5 Å². The highest BCUT2D eigenvalue weighted by Crippen LogP contribution is 2.26. The van der Waals surface area contributed by atoms with Crippen LogP contribution in [-0.2, 0) is 0 Å². The van der Waals surface area contributed by atoms with Crippen LogP contribution in [0.15, 0.2) is 48.5 Å². The molecular formula is C22H23N3OS. The topological polar surface area (TPSA) is 54.0 Å². The zero-order valence-electron chi connectivity index (χ0n) is 16.0. The van der Waals surface area contributed by atoms with Gasteiger partial charge in [0.15, 0.2) is 5.11 Å². The summed E-state index contributed by atoms with van der Waals surface area (Å²) in [6.45, 7) is 8.20. The lowest BCUT2D eigenvalue weighted by atomic mass is 10.0. The molecule has 0 spiro atoms. The molecule has 0 radical (unpaired) electrons. The summed E-state index contributed by atoms with van der Waals surface area (Å²) in [6, 6.07) is 15.5.